The van der Waals surface area contributed by atoms with Crippen LogP contribution in [0.2, 0.25) is 0 Å². The molecule has 0 aromatic rings. The molecule has 0 bridgehead atoms. The molecular weight excluding hydrogens is 234 g/mol. The lowest BCUT2D eigenvalue weighted by Crippen LogP contribution is -2.51. The van der Waals surface area contributed by atoms with Gasteiger partial charge in [0.05, 0.1) is 0 Å². The van der Waals surface area contributed by atoms with E-state index >= 15 is 0 Å². The van der Waals surface area contributed by atoms with Crippen molar-refractivity contribution in [3.63, 3.8) is 0 Å². The highest BCUT2D eigenvalue weighted by molar-refractivity contribution is 5.82. The zero-order chi connectivity index (χ0) is 13.5. The van der Waals surface area contributed by atoms with Gasteiger partial charge in [0.2, 0.25) is 0 Å². The molecule has 6 nitrogen and oxygen atoms in total. The number of amides is 2. The summed E-state index contributed by atoms with van der Waals surface area (Å²) in [6, 6.07) is -1.05. The van der Waals surface area contributed by atoms with Crippen LogP contribution in [0, 0.1) is 5.92 Å². The number of rotatable bonds is 5. The van der Waals surface area contributed by atoms with E-state index in [9.17, 15) is 9.59 Å². The number of carbonyl (C=O) groups excluding carboxylic acids is 1. The summed E-state index contributed by atoms with van der Waals surface area (Å²) in [4.78, 5) is 22.7. The second-order valence-electron chi connectivity index (χ2n) is 5.16. The van der Waals surface area contributed by atoms with Crippen LogP contribution < -0.4 is 16.0 Å². The van der Waals surface area contributed by atoms with E-state index in [0.29, 0.717) is 6.42 Å². The van der Waals surface area contributed by atoms with Gasteiger partial charge in [-0.15, -0.1) is 0 Å². The Labute approximate surface area is 108 Å². The molecule has 1 fully saturated rings. The van der Waals surface area contributed by atoms with Gasteiger partial charge in [0.25, 0.3) is 0 Å². The van der Waals surface area contributed by atoms with Crippen LogP contribution in [0.1, 0.15) is 33.1 Å². The molecule has 0 aliphatic carbocycles. The molecule has 1 rings (SSSR count). The van der Waals surface area contributed by atoms with E-state index in [1.165, 1.54) is 0 Å². The lowest BCUT2D eigenvalue weighted by Gasteiger charge is -2.25. The molecule has 1 saturated heterocycles. The molecule has 4 N–H and O–H groups in total. The average molecular weight is 257 g/mol. The zero-order valence-corrected chi connectivity index (χ0v) is 11.0. The smallest absolute Gasteiger partial charge is 0.326 e. The number of aliphatic carboxylic acids is 1. The van der Waals surface area contributed by atoms with Crippen LogP contribution in [0.5, 0.6) is 0 Å². The van der Waals surface area contributed by atoms with Crippen LogP contribution in [0.25, 0.3) is 0 Å². The van der Waals surface area contributed by atoms with Gasteiger partial charge in [-0.3, -0.25) is 0 Å². The fraction of sp³-hybridized carbons (Fsp3) is 0.833. The summed E-state index contributed by atoms with van der Waals surface area (Å²) < 4.78 is 0. The number of hydrogen-bond donors (Lipinski definition) is 4. The van der Waals surface area contributed by atoms with E-state index in [4.69, 9.17) is 5.11 Å². The lowest BCUT2D eigenvalue weighted by molar-refractivity contribution is -0.139. The standard InChI is InChI=1S/C12H23N3O3/c1-8(2)7-10(11(16)17)15-12(18)14-9-3-5-13-6-4-9/h8-10,13H,3-7H2,1-2H3,(H,16,17)(H2,14,15,18)/t10-/m0/s1. The van der Waals surface area contributed by atoms with E-state index in [1.54, 1.807) is 0 Å². The second kappa shape index (κ2) is 7.20. The normalized spacial score (nSPS) is 18.4. The Kier molecular flexibility index (Phi) is 5.91. The number of urea groups is 1. The van der Waals surface area contributed by atoms with Gasteiger partial charge in [0, 0.05) is 6.04 Å². The van der Waals surface area contributed by atoms with Gasteiger partial charge in [-0.05, 0) is 38.3 Å². The van der Waals surface area contributed by atoms with Gasteiger partial charge in [0.1, 0.15) is 6.04 Å². The fourth-order valence-corrected chi connectivity index (χ4v) is 2.04. The van der Waals surface area contributed by atoms with Crippen molar-refractivity contribution in [2.24, 2.45) is 5.92 Å². The molecule has 104 valence electrons. The van der Waals surface area contributed by atoms with Crippen molar-refractivity contribution in [3.05, 3.63) is 0 Å². The molecule has 1 atom stereocenters. The molecule has 6 heteroatoms. The molecule has 0 aromatic heterocycles. The minimum absolute atomic E-state index is 0.139. The molecule has 0 radical (unpaired) electrons. The van der Waals surface area contributed by atoms with E-state index in [-0.39, 0.29) is 18.0 Å². The predicted molar refractivity (Wildman–Crippen MR) is 68.4 cm³/mol. The van der Waals surface area contributed by atoms with Crippen molar-refractivity contribution in [3.8, 4) is 0 Å². The highest BCUT2D eigenvalue weighted by Gasteiger charge is 2.22. The monoisotopic (exact) mass is 257 g/mol. The number of carboxylic acids is 1. The van der Waals surface area contributed by atoms with Gasteiger partial charge in [-0.2, -0.15) is 0 Å². The van der Waals surface area contributed by atoms with Crippen LogP contribution in [0.4, 0.5) is 4.79 Å². The Morgan fingerprint density at radius 2 is 1.94 bits per heavy atom. The minimum Gasteiger partial charge on any atom is -0.480 e. The Morgan fingerprint density at radius 3 is 2.44 bits per heavy atom. The van der Waals surface area contributed by atoms with Crippen molar-refractivity contribution in [1.29, 1.82) is 0 Å². The summed E-state index contributed by atoms with van der Waals surface area (Å²) in [5.74, 6) is -0.755. The summed E-state index contributed by atoms with van der Waals surface area (Å²) in [7, 11) is 0. The summed E-state index contributed by atoms with van der Waals surface area (Å²) in [5, 5.41) is 17.6. The van der Waals surface area contributed by atoms with Gasteiger partial charge < -0.3 is 21.1 Å². The topological polar surface area (TPSA) is 90.5 Å². The third-order valence-electron chi connectivity index (χ3n) is 2.98. The SMILES string of the molecule is CC(C)C[C@H](NC(=O)NC1CCNCC1)C(=O)O. The van der Waals surface area contributed by atoms with Crippen molar-refractivity contribution in [2.45, 2.75) is 45.2 Å². The molecule has 18 heavy (non-hydrogen) atoms. The molecule has 0 saturated carbocycles. The van der Waals surface area contributed by atoms with Crippen LogP contribution in [-0.2, 0) is 4.79 Å². The Bertz CT molecular complexity index is 288. The van der Waals surface area contributed by atoms with E-state index in [0.717, 1.165) is 25.9 Å². The number of piperidine rings is 1. The van der Waals surface area contributed by atoms with E-state index in [1.807, 2.05) is 13.8 Å². The van der Waals surface area contributed by atoms with Crippen LogP contribution in [0.15, 0.2) is 0 Å². The lowest BCUT2D eigenvalue weighted by atomic mass is 10.0. The first-order chi connectivity index (χ1) is 8.49. The maximum Gasteiger partial charge on any atom is 0.326 e. The Hall–Kier alpha value is -1.30. The molecule has 0 spiro atoms. The van der Waals surface area contributed by atoms with Crippen LogP contribution in [0.3, 0.4) is 0 Å². The number of hydrogen-bond acceptors (Lipinski definition) is 3. The number of carbonyl (C=O) groups is 2. The Balaban J connectivity index is 2.37. The maximum absolute atomic E-state index is 11.7. The Morgan fingerprint density at radius 1 is 1.33 bits per heavy atom. The molecule has 0 unspecified atom stereocenters. The van der Waals surface area contributed by atoms with E-state index in [2.05, 4.69) is 16.0 Å². The zero-order valence-electron chi connectivity index (χ0n) is 11.0. The van der Waals surface area contributed by atoms with Crippen molar-refractivity contribution < 1.29 is 14.7 Å². The third kappa shape index (κ3) is 5.35. The van der Waals surface area contributed by atoms with Crippen molar-refractivity contribution in [1.82, 2.24) is 16.0 Å². The first kappa shape index (κ1) is 14.8. The van der Waals surface area contributed by atoms with Crippen LogP contribution in [-0.4, -0.2) is 42.3 Å². The summed E-state index contributed by atoms with van der Waals surface area (Å²) in [6.45, 7) is 5.64. The maximum atomic E-state index is 11.7. The fourth-order valence-electron chi connectivity index (χ4n) is 2.04. The first-order valence-electron chi connectivity index (χ1n) is 6.49. The quantitative estimate of drug-likeness (QED) is 0.578. The van der Waals surface area contributed by atoms with Crippen molar-refractivity contribution >= 4 is 12.0 Å². The highest BCUT2D eigenvalue weighted by Crippen LogP contribution is 2.06. The second-order valence-corrected chi connectivity index (χ2v) is 5.16. The van der Waals surface area contributed by atoms with Crippen LogP contribution >= 0.6 is 0 Å². The van der Waals surface area contributed by atoms with Gasteiger partial charge in [-0.25, -0.2) is 9.59 Å². The average Bonchev–Trinajstić information content (AvgIpc) is 2.28. The van der Waals surface area contributed by atoms with Gasteiger partial charge >= 0.3 is 12.0 Å². The number of carboxylic acid groups (broad SMARTS) is 1. The summed E-state index contributed by atoms with van der Waals surface area (Å²) >= 11 is 0. The molecule has 0 aromatic carbocycles. The van der Waals surface area contributed by atoms with Crippen molar-refractivity contribution in [2.75, 3.05) is 13.1 Å². The molecular formula is C12H23N3O3. The summed E-state index contributed by atoms with van der Waals surface area (Å²) in [6.07, 6.45) is 2.21. The molecule has 2 amide bonds. The highest BCUT2D eigenvalue weighted by atomic mass is 16.4. The summed E-state index contributed by atoms with van der Waals surface area (Å²) in [5.41, 5.74) is 0. The van der Waals surface area contributed by atoms with E-state index < -0.39 is 12.0 Å². The minimum atomic E-state index is -0.982. The third-order valence-corrected chi connectivity index (χ3v) is 2.98. The van der Waals surface area contributed by atoms with Gasteiger partial charge in [0.15, 0.2) is 0 Å². The number of nitrogens with one attached hydrogen (secondary N) is 3. The van der Waals surface area contributed by atoms with Gasteiger partial charge in [-0.1, -0.05) is 13.8 Å². The molecule has 1 aliphatic rings. The largest absolute Gasteiger partial charge is 0.480 e. The predicted octanol–water partition coefficient (Wildman–Crippen LogP) is 0.537. The molecule has 1 heterocycles. The molecule has 1 aliphatic heterocycles. The first-order valence-corrected chi connectivity index (χ1v) is 6.49.